The van der Waals surface area contributed by atoms with E-state index >= 15 is 0 Å². The van der Waals surface area contributed by atoms with Crippen LogP contribution in [-0.2, 0) is 16.2 Å². The highest BCUT2D eigenvalue weighted by atomic mass is 15.2. The second kappa shape index (κ2) is 13.2. The van der Waals surface area contributed by atoms with Crippen LogP contribution >= 0.6 is 0 Å². The third kappa shape index (κ3) is 5.45. The van der Waals surface area contributed by atoms with Crippen LogP contribution in [-0.4, -0.2) is 6.71 Å². The first-order valence-corrected chi connectivity index (χ1v) is 22.8. The fourth-order valence-corrected chi connectivity index (χ4v) is 12.6. The molecule has 0 aromatic heterocycles. The van der Waals surface area contributed by atoms with Gasteiger partial charge in [0.1, 0.15) is 0 Å². The van der Waals surface area contributed by atoms with Crippen LogP contribution in [0.5, 0.6) is 0 Å². The molecule has 0 saturated heterocycles. The van der Waals surface area contributed by atoms with Crippen molar-refractivity contribution in [1.82, 2.24) is 0 Å². The molecule has 0 atom stereocenters. The maximum Gasteiger partial charge on any atom is 0.252 e. The number of aryl methyl sites for hydroxylation is 2. The average Bonchev–Trinajstić information content (AvgIpc) is 3.63. The molecule has 2 aliphatic heterocycles. The highest BCUT2D eigenvalue weighted by Gasteiger charge is 2.49. The Morgan fingerprint density at radius 1 is 0.413 bits per heavy atom. The summed E-state index contributed by atoms with van der Waals surface area (Å²) in [4.78, 5) is 5.28. The fourth-order valence-electron chi connectivity index (χ4n) is 12.6. The first-order chi connectivity index (χ1) is 30.3. The molecule has 0 unspecified atom stereocenters. The van der Waals surface area contributed by atoms with Crippen LogP contribution < -0.4 is 26.2 Å². The molecule has 2 aliphatic carbocycles. The van der Waals surface area contributed by atoms with E-state index in [2.05, 4.69) is 229 Å². The monoisotopic (exact) mass is 812 g/mol. The van der Waals surface area contributed by atoms with Gasteiger partial charge in [-0.3, -0.25) is 0 Å². The van der Waals surface area contributed by atoms with Gasteiger partial charge in [0.25, 0.3) is 6.71 Å². The van der Waals surface area contributed by atoms with Gasteiger partial charge in [-0.25, -0.2) is 0 Å². The Bertz CT molecular complexity index is 3210. The minimum atomic E-state index is -0.119. The van der Waals surface area contributed by atoms with E-state index in [1.807, 2.05) is 0 Å². The molecule has 0 N–H and O–H groups in total. The largest absolute Gasteiger partial charge is 0.311 e. The van der Waals surface area contributed by atoms with Crippen molar-refractivity contribution in [2.75, 3.05) is 9.80 Å². The molecule has 0 spiro atoms. The highest BCUT2D eigenvalue weighted by Crippen LogP contribution is 2.56. The number of fused-ring (bicyclic) bond motifs is 8. The van der Waals surface area contributed by atoms with Gasteiger partial charge in [0.2, 0.25) is 0 Å². The molecule has 0 saturated carbocycles. The summed E-state index contributed by atoms with van der Waals surface area (Å²) < 4.78 is 0. The van der Waals surface area contributed by atoms with Crippen LogP contribution in [0.1, 0.15) is 81.3 Å². The van der Waals surface area contributed by atoms with Crippen molar-refractivity contribution >= 4 is 57.2 Å². The molecule has 306 valence electrons. The highest BCUT2D eigenvalue weighted by molar-refractivity contribution is 7.00. The second-order valence-electron chi connectivity index (χ2n) is 20.6. The van der Waals surface area contributed by atoms with Gasteiger partial charge in [-0.2, -0.15) is 0 Å². The Labute approximate surface area is 374 Å². The standard InChI is InChI=1S/C60H53BN2/c1-37-30-54-57-55(31-37)63(52-25-17-24-45-56(52)43-22-15-16-23-44(43)60(45,7)8)51-29-27-42(40-20-13-10-14-21-40)33-48(51)61(57)49-34-46-47(59(5,6)36-58(46,3)4)35-53(49)62(54)50-28-26-41(32-38(50)2)39-18-11-9-12-19-39/h9-35H,36H2,1-8H3. The van der Waals surface area contributed by atoms with Gasteiger partial charge in [0.15, 0.2) is 0 Å². The number of benzene rings is 8. The summed E-state index contributed by atoms with van der Waals surface area (Å²) in [5.74, 6) is 0. The van der Waals surface area contributed by atoms with E-state index in [-0.39, 0.29) is 23.0 Å². The van der Waals surface area contributed by atoms with Crippen LogP contribution in [0.25, 0.3) is 33.4 Å². The van der Waals surface area contributed by atoms with Crippen molar-refractivity contribution in [1.29, 1.82) is 0 Å². The summed E-state index contributed by atoms with van der Waals surface area (Å²) in [6.45, 7) is 19.2. The van der Waals surface area contributed by atoms with E-state index in [1.54, 1.807) is 0 Å². The first kappa shape index (κ1) is 38.1. The molecule has 3 heteroatoms. The van der Waals surface area contributed by atoms with E-state index in [9.17, 15) is 0 Å². The maximum atomic E-state index is 2.64. The van der Waals surface area contributed by atoms with Gasteiger partial charge in [-0.05, 0) is 151 Å². The molecule has 63 heavy (non-hydrogen) atoms. The Morgan fingerprint density at radius 2 is 0.968 bits per heavy atom. The minimum Gasteiger partial charge on any atom is -0.311 e. The Hall–Kier alpha value is -6.58. The molecule has 4 aliphatic rings. The quantitative estimate of drug-likeness (QED) is 0.163. The van der Waals surface area contributed by atoms with E-state index in [1.165, 1.54) is 117 Å². The van der Waals surface area contributed by atoms with Crippen LogP contribution in [0.2, 0.25) is 0 Å². The number of hydrogen-bond donors (Lipinski definition) is 0. The number of hydrogen-bond acceptors (Lipinski definition) is 2. The van der Waals surface area contributed by atoms with Gasteiger partial charge in [-0.1, -0.05) is 163 Å². The smallest absolute Gasteiger partial charge is 0.252 e. The van der Waals surface area contributed by atoms with Crippen molar-refractivity contribution in [3.8, 4) is 33.4 Å². The summed E-state index contributed by atoms with van der Waals surface area (Å²) in [7, 11) is 0. The van der Waals surface area contributed by atoms with Crippen LogP contribution in [0.15, 0.2) is 164 Å². The summed E-state index contributed by atoms with van der Waals surface area (Å²) in [5.41, 5.74) is 27.5. The molecule has 2 nitrogen and oxygen atoms in total. The SMILES string of the molecule is Cc1cc2c3c(c1)N(c1cccc4c1-c1ccccc1C4(C)C)c1ccc(-c4ccccc4)cc1B3c1cc3c(cc1N2c1ccc(-c2ccccc2)cc1C)C(C)(C)CC3(C)C. The van der Waals surface area contributed by atoms with Crippen LogP contribution in [0.3, 0.4) is 0 Å². The molecule has 2 heterocycles. The average molecular weight is 813 g/mol. The summed E-state index contributed by atoms with van der Waals surface area (Å²) in [5, 5.41) is 0. The van der Waals surface area contributed by atoms with Crippen molar-refractivity contribution in [3.63, 3.8) is 0 Å². The lowest BCUT2D eigenvalue weighted by atomic mass is 9.33. The van der Waals surface area contributed by atoms with Gasteiger partial charge in [0, 0.05) is 39.4 Å². The Balaban J connectivity index is 1.19. The van der Waals surface area contributed by atoms with Gasteiger partial charge in [-0.15, -0.1) is 0 Å². The Morgan fingerprint density at radius 3 is 1.63 bits per heavy atom. The predicted octanol–water partition coefficient (Wildman–Crippen LogP) is 14.0. The molecule has 0 bridgehead atoms. The lowest BCUT2D eigenvalue weighted by molar-refractivity contribution is 0.403. The van der Waals surface area contributed by atoms with Crippen LogP contribution in [0, 0.1) is 13.8 Å². The topological polar surface area (TPSA) is 6.48 Å². The maximum absolute atomic E-state index is 2.64. The molecule has 8 aromatic rings. The predicted molar refractivity (Wildman–Crippen MR) is 269 cm³/mol. The zero-order chi connectivity index (χ0) is 43.2. The number of nitrogens with zero attached hydrogens (tertiary/aromatic N) is 2. The van der Waals surface area contributed by atoms with E-state index in [0.29, 0.717) is 0 Å². The molecule has 0 fully saturated rings. The zero-order valence-electron chi connectivity index (χ0n) is 37.8. The Kier molecular flexibility index (Phi) is 8.00. The third-order valence-corrected chi connectivity index (χ3v) is 15.2. The van der Waals surface area contributed by atoms with Crippen molar-refractivity contribution in [3.05, 3.63) is 197 Å². The van der Waals surface area contributed by atoms with Crippen molar-refractivity contribution < 1.29 is 0 Å². The number of anilines is 6. The fraction of sp³-hybridized carbons (Fsp3) is 0.200. The molecule has 0 radical (unpaired) electrons. The second-order valence-corrected chi connectivity index (χ2v) is 20.6. The third-order valence-electron chi connectivity index (χ3n) is 15.2. The van der Waals surface area contributed by atoms with E-state index < -0.39 is 0 Å². The normalized spacial score (nSPS) is 16.5. The van der Waals surface area contributed by atoms with Gasteiger partial charge in [0.05, 0.1) is 5.69 Å². The lowest BCUT2D eigenvalue weighted by Gasteiger charge is -2.45. The molecular weight excluding hydrogens is 759 g/mol. The first-order valence-electron chi connectivity index (χ1n) is 22.8. The lowest BCUT2D eigenvalue weighted by Crippen LogP contribution is -2.61. The summed E-state index contributed by atoms with van der Waals surface area (Å²) in [6.07, 6.45) is 1.12. The zero-order valence-corrected chi connectivity index (χ0v) is 37.8. The van der Waals surface area contributed by atoms with Crippen molar-refractivity contribution in [2.45, 2.75) is 78.1 Å². The minimum absolute atomic E-state index is 0.0194. The van der Waals surface area contributed by atoms with E-state index in [0.717, 1.165) is 6.42 Å². The van der Waals surface area contributed by atoms with Crippen LogP contribution in [0.4, 0.5) is 34.1 Å². The summed E-state index contributed by atoms with van der Waals surface area (Å²) in [6, 6.07) is 62.5. The van der Waals surface area contributed by atoms with E-state index in [4.69, 9.17) is 0 Å². The summed E-state index contributed by atoms with van der Waals surface area (Å²) >= 11 is 0. The molecule has 12 rings (SSSR count). The van der Waals surface area contributed by atoms with Crippen molar-refractivity contribution in [2.24, 2.45) is 0 Å². The molecule has 0 amide bonds. The number of rotatable bonds is 4. The molecule has 8 aromatic carbocycles. The molecular formula is C60H53BN2. The van der Waals surface area contributed by atoms with Gasteiger partial charge >= 0.3 is 0 Å². The van der Waals surface area contributed by atoms with Gasteiger partial charge < -0.3 is 9.80 Å².